The number of urea groups is 1. The van der Waals surface area contributed by atoms with E-state index in [2.05, 4.69) is 10.3 Å². The lowest BCUT2D eigenvalue weighted by Gasteiger charge is -2.31. The Hall–Kier alpha value is -1.57. The van der Waals surface area contributed by atoms with Crippen LogP contribution in [0.3, 0.4) is 0 Å². The van der Waals surface area contributed by atoms with Gasteiger partial charge in [-0.3, -0.25) is 0 Å². The lowest BCUT2D eigenvalue weighted by molar-refractivity contribution is 0.187. The Morgan fingerprint density at radius 2 is 2.30 bits per heavy atom. The van der Waals surface area contributed by atoms with E-state index in [0.29, 0.717) is 26.1 Å². The molecule has 8 heteroatoms. The van der Waals surface area contributed by atoms with E-state index >= 15 is 0 Å². The van der Waals surface area contributed by atoms with Crippen molar-refractivity contribution in [3.8, 4) is 0 Å². The van der Waals surface area contributed by atoms with Crippen molar-refractivity contribution in [2.24, 2.45) is 0 Å². The van der Waals surface area contributed by atoms with Crippen molar-refractivity contribution in [2.75, 3.05) is 25.9 Å². The highest BCUT2D eigenvalue weighted by atomic mass is 32.2. The molecule has 7 nitrogen and oxygen atoms in total. The normalized spacial score (nSPS) is 19.9. The van der Waals surface area contributed by atoms with Gasteiger partial charge < -0.3 is 14.8 Å². The molecule has 0 aliphatic carbocycles. The Bertz CT molecular complexity index is 541. The number of carbonyl (C=O) groups excluding carboxylic acids is 1. The number of nitrogens with zero attached hydrogens (tertiary/aromatic N) is 3. The van der Waals surface area contributed by atoms with Crippen LogP contribution >= 0.6 is 0 Å². The molecule has 0 saturated carbocycles. The third kappa shape index (κ3) is 3.96. The number of piperidine rings is 1. The number of likely N-dealkylation sites (tertiary alicyclic amines) is 1. The van der Waals surface area contributed by atoms with Crippen molar-refractivity contribution in [3.63, 3.8) is 0 Å². The van der Waals surface area contributed by atoms with Crippen LogP contribution in [0.2, 0.25) is 0 Å². The van der Waals surface area contributed by atoms with E-state index in [1.165, 1.54) is 6.26 Å². The zero-order chi connectivity index (χ0) is 14.6. The monoisotopic (exact) mass is 300 g/mol. The number of hydrogen-bond acceptors (Lipinski definition) is 4. The first kappa shape index (κ1) is 14.8. The molecular formula is C12H20N4O3S. The standard InChI is InChI=1S/C12H20N4O3S/c1-20(18,19)11-3-2-6-16(9-11)12(17)14-5-8-15-7-4-13-10-15/h4,7,10-11H,2-3,5-6,8-9H2,1H3,(H,14,17). The molecule has 0 aromatic carbocycles. The third-order valence-electron chi connectivity index (χ3n) is 3.48. The molecule has 1 N–H and O–H groups in total. The van der Waals surface area contributed by atoms with E-state index in [0.717, 1.165) is 6.42 Å². The van der Waals surface area contributed by atoms with Crippen LogP contribution in [-0.2, 0) is 16.4 Å². The van der Waals surface area contributed by atoms with Gasteiger partial charge in [0.25, 0.3) is 0 Å². The van der Waals surface area contributed by atoms with E-state index in [1.54, 1.807) is 17.4 Å². The quantitative estimate of drug-likeness (QED) is 0.855. The van der Waals surface area contributed by atoms with Gasteiger partial charge in [-0.15, -0.1) is 0 Å². The van der Waals surface area contributed by atoms with Crippen molar-refractivity contribution < 1.29 is 13.2 Å². The fraction of sp³-hybridized carbons (Fsp3) is 0.667. The van der Waals surface area contributed by atoms with Gasteiger partial charge in [-0.1, -0.05) is 0 Å². The van der Waals surface area contributed by atoms with Crippen LogP contribution < -0.4 is 5.32 Å². The smallest absolute Gasteiger partial charge is 0.317 e. The molecule has 1 aliphatic heterocycles. The molecule has 1 aromatic heterocycles. The molecule has 1 fully saturated rings. The number of rotatable bonds is 4. The zero-order valence-electron chi connectivity index (χ0n) is 11.5. The summed E-state index contributed by atoms with van der Waals surface area (Å²) < 4.78 is 25.0. The minimum absolute atomic E-state index is 0.196. The highest BCUT2D eigenvalue weighted by molar-refractivity contribution is 7.91. The van der Waals surface area contributed by atoms with Crippen molar-refractivity contribution in [3.05, 3.63) is 18.7 Å². The highest BCUT2D eigenvalue weighted by Crippen LogP contribution is 2.16. The van der Waals surface area contributed by atoms with Crippen LogP contribution in [0.5, 0.6) is 0 Å². The molecule has 1 saturated heterocycles. The SMILES string of the molecule is CS(=O)(=O)C1CCCN(C(=O)NCCn2ccnc2)C1. The minimum atomic E-state index is -3.08. The maximum Gasteiger partial charge on any atom is 0.317 e. The molecule has 1 aromatic rings. The first-order chi connectivity index (χ1) is 9.47. The van der Waals surface area contributed by atoms with Gasteiger partial charge in [-0.05, 0) is 12.8 Å². The number of imidazole rings is 1. The summed E-state index contributed by atoms with van der Waals surface area (Å²) in [5, 5.41) is 2.37. The van der Waals surface area contributed by atoms with Crippen LogP contribution in [0.25, 0.3) is 0 Å². The fourth-order valence-corrected chi connectivity index (χ4v) is 3.34. The second-order valence-electron chi connectivity index (χ2n) is 5.07. The molecule has 0 spiro atoms. The van der Waals surface area contributed by atoms with Crippen molar-refractivity contribution >= 4 is 15.9 Å². The average Bonchev–Trinajstić information content (AvgIpc) is 2.91. The van der Waals surface area contributed by atoms with E-state index in [-0.39, 0.29) is 12.6 Å². The zero-order valence-corrected chi connectivity index (χ0v) is 12.3. The third-order valence-corrected chi connectivity index (χ3v) is 5.07. The molecule has 2 amide bonds. The van der Waals surface area contributed by atoms with Crippen molar-refractivity contribution in [1.82, 2.24) is 19.8 Å². The number of hydrogen-bond donors (Lipinski definition) is 1. The number of carbonyl (C=O) groups is 1. The Kier molecular flexibility index (Phi) is 4.64. The Morgan fingerprint density at radius 1 is 1.50 bits per heavy atom. The summed E-state index contributed by atoms with van der Waals surface area (Å²) in [6.45, 7) is 2.04. The molecule has 2 heterocycles. The summed E-state index contributed by atoms with van der Waals surface area (Å²) in [6, 6.07) is -0.196. The minimum Gasteiger partial charge on any atom is -0.336 e. The van der Waals surface area contributed by atoms with Gasteiger partial charge >= 0.3 is 6.03 Å². The maximum absolute atomic E-state index is 12.0. The molecule has 20 heavy (non-hydrogen) atoms. The van der Waals surface area contributed by atoms with Crippen LogP contribution in [0.1, 0.15) is 12.8 Å². The summed E-state index contributed by atoms with van der Waals surface area (Å²) >= 11 is 0. The van der Waals surface area contributed by atoms with Gasteiger partial charge in [0.05, 0.1) is 11.6 Å². The predicted octanol–water partition coefficient (Wildman–Crippen LogP) is 0.102. The highest BCUT2D eigenvalue weighted by Gasteiger charge is 2.29. The molecule has 2 rings (SSSR count). The van der Waals surface area contributed by atoms with Gasteiger partial charge in [-0.25, -0.2) is 18.2 Å². The number of nitrogens with one attached hydrogen (secondary N) is 1. The predicted molar refractivity (Wildman–Crippen MR) is 75.1 cm³/mol. The molecule has 0 bridgehead atoms. The summed E-state index contributed by atoms with van der Waals surface area (Å²) in [7, 11) is -3.08. The van der Waals surface area contributed by atoms with E-state index in [4.69, 9.17) is 0 Å². The second kappa shape index (κ2) is 6.25. The average molecular weight is 300 g/mol. The second-order valence-corrected chi connectivity index (χ2v) is 7.40. The lowest BCUT2D eigenvalue weighted by Crippen LogP contribution is -2.49. The fourth-order valence-electron chi connectivity index (χ4n) is 2.29. The van der Waals surface area contributed by atoms with Gasteiger partial charge in [0, 0.05) is 44.8 Å². The lowest BCUT2D eigenvalue weighted by atomic mass is 10.1. The summed E-state index contributed by atoms with van der Waals surface area (Å²) in [6.07, 6.45) is 7.80. The Morgan fingerprint density at radius 3 is 2.95 bits per heavy atom. The maximum atomic E-state index is 12.0. The first-order valence-electron chi connectivity index (χ1n) is 6.64. The molecular weight excluding hydrogens is 280 g/mol. The van der Waals surface area contributed by atoms with Crippen molar-refractivity contribution in [1.29, 1.82) is 0 Å². The van der Waals surface area contributed by atoms with Gasteiger partial charge in [0.15, 0.2) is 9.84 Å². The van der Waals surface area contributed by atoms with E-state index < -0.39 is 15.1 Å². The van der Waals surface area contributed by atoms with Gasteiger partial charge in [-0.2, -0.15) is 0 Å². The number of amides is 2. The van der Waals surface area contributed by atoms with Crippen LogP contribution in [-0.4, -0.2) is 60.0 Å². The molecule has 1 aliphatic rings. The summed E-state index contributed by atoms with van der Waals surface area (Å²) in [5.74, 6) is 0. The number of aromatic nitrogens is 2. The topological polar surface area (TPSA) is 84.3 Å². The largest absolute Gasteiger partial charge is 0.336 e. The van der Waals surface area contributed by atoms with Gasteiger partial charge in [0.1, 0.15) is 0 Å². The van der Waals surface area contributed by atoms with E-state index in [1.807, 2.05) is 10.8 Å². The molecule has 1 atom stereocenters. The first-order valence-corrected chi connectivity index (χ1v) is 8.59. The van der Waals surface area contributed by atoms with Crippen molar-refractivity contribution in [2.45, 2.75) is 24.6 Å². The molecule has 1 unspecified atom stereocenters. The van der Waals surface area contributed by atoms with Crippen LogP contribution in [0.15, 0.2) is 18.7 Å². The molecule has 112 valence electrons. The van der Waals surface area contributed by atoms with Gasteiger partial charge in [0.2, 0.25) is 0 Å². The van der Waals surface area contributed by atoms with E-state index in [9.17, 15) is 13.2 Å². The molecule has 0 radical (unpaired) electrons. The Balaban J connectivity index is 1.80. The summed E-state index contributed by atoms with van der Waals surface area (Å²) in [4.78, 5) is 17.5. The van der Waals surface area contributed by atoms with Crippen LogP contribution in [0.4, 0.5) is 4.79 Å². The Labute approximate surface area is 118 Å². The summed E-state index contributed by atoms with van der Waals surface area (Å²) in [5.41, 5.74) is 0. The van der Waals surface area contributed by atoms with Crippen LogP contribution in [0, 0.1) is 0 Å². The number of sulfone groups is 1.